The summed E-state index contributed by atoms with van der Waals surface area (Å²) in [6, 6.07) is 1.87. The Kier molecular flexibility index (Phi) is 1.96. The van der Waals surface area contributed by atoms with Crippen molar-refractivity contribution in [1.82, 2.24) is 0 Å². The van der Waals surface area contributed by atoms with Crippen molar-refractivity contribution in [2.45, 2.75) is 38.6 Å². The van der Waals surface area contributed by atoms with Crippen LogP contribution in [0.1, 0.15) is 32.6 Å². The van der Waals surface area contributed by atoms with E-state index in [4.69, 9.17) is 11.0 Å². The highest BCUT2D eigenvalue weighted by molar-refractivity contribution is 5.01. The largest absolute Gasteiger partial charge is 0.315 e. The van der Waals surface area contributed by atoms with Crippen molar-refractivity contribution in [3.05, 3.63) is 0 Å². The molecule has 0 saturated heterocycles. The molecule has 0 aromatic rings. The molecule has 1 unspecified atom stereocenters. The Morgan fingerprint density at radius 1 is 1.50 bits per heavy atom. The minimum Gasteiger partial charge on any atom is -0.315 e. The van der Waals surface area contributed by atoms with Crippen LogP contribution in [0.3, 0.4) is 0 Å². The lowest BCUT2D eigenvalue weighted by molar-refractivity contribution is 0.304. The van der Waals surface area contributed by atoms with Crippen molar-refractivity contribution < 1.29 is 0 Å². The maximum atomic E-state index is 8.59. The summed E-state index contributed by atoms with van der Waals surface area (Å²) in [6.45, 7) is 2.12. The van der Waals surface area contributed by atoms with Gasteiger partial charge in [0.15, 0.2) is 0 Å². The summed E-state index contributed by atoms with van der Waals surface area (Å²) >= 11 is 0. The van der Waals surface area contributed by atoms with Gasteiger partial charge in [0.2, 0.25) is 0 Å². The highest BCUT2D eigenvalue weighted by Crippen LogP contribution is 2.39. The Bertz CT molecular complexity index is 151. The van der Waals surface area contributed by atoms with Gasteiger partial charge in [-0.15, -0.1) is 0 Å². The fourth-order valence-electron chi connectivity index (χ4n) is 1.65. The molecule has 1 aliphatic carbocycles. The maximum Gasteiger partial charge on any atom is 0.0982 e. The normalized spacial score (nSPS) is 25.7. The molecule has 1 fully saturated rings. The van der Waals surface area contributed by atoms with Gasteiger partial charge in [0, 0.05) is 0 Å². The quantitative estimate of drug-likeness (QED) is 0.595. The van der Waals surface area contributed by atoms with Crippen LogP contribution in [-0.2, 0) is 0 Å². The third kappa shape index (κ3) is 1.15. The zero-order valence-corrected chi connectivity index (χ0v) is 6.43. The number of hydrogen-bond donors (Lipinski definition) is 1. The molecule has 0 aliphatic heterocycles. The van der Waals surface area contributed by atoms with Crippen LogP contribution in [0.5, 0.6) is 0 Å². The summed E-state index contributed by atoms with van der Waals surface area (Å²) in [5.74, 6) is 0. The smallest absolute Gasteiger partial charge is 0.0982 e. The fourth-order valence-corrected chi connectivity index (χ4v) is 1.65. The van der Waals surface area contributed by atoms with Crippen LogP contribution in [0, 0.1) is 16.7 Å². The van der Waals surface area contributed by atoms with Crippen LogP contribution in [-0.4, -0.2) is 6.04 Å². The first-order chi connectivity index (χ1) is 4.69. The van der Waals surface area contributed by atoms with E-state index in [9.17, 15) is 0 Å². The molecule has 10 heavy (non-hydrogen) atoms. The van der Waals surface area contributed by atoms with Crippen LogP contribution in [0.2, 0.25) is 0 Å². The van der Waals surface area contributed by atoms with E-state index in [-0.39, 0.29) is 11.5 Å². The van der Waals surface area contributed by atoms with E-state index in [1.54, 1.807) is 0 Å². The summed E-state index contributed by atoms with van der Waals surface area (Å²) < 4.78 is 0. The van der Waals surface area contributed by atoms with Gasteiger partial charge in [0.1, 0.15) is 0 Å². The number of nitrogens with zero attached hydrogens (tertiary/aromatic N) is 1. The first-order valence-corrected chi connectivity index (χ1v) is 3.84. The van der Waals surface area contributed by atoms with Gasteiger partial charge in [-0.05, 0) is 18.3 Å². The molecule has 2 heteroatoms. The molecule has 0 radical (unpaired) electrons. The van der Waals surface area contributed by atoms with Crippen LogP contribution >= 0.6 is 0 Å². The lowest BCUT2D eigenvalue weighted by Gasteiger charge is -2.25. The maximum absolute atomic E-state index is 8.59. The van der Waals surface area contributed by atoms with Gasteiger partial charge in [0.25, 0.3) is 0 Å². The Morgan fingerprint density at radius 2 is 2.00 bits per heavy atom. The zero-order chi connectivity index (χ0) is 7.61. The van der Waals surface area contributed by atoms with Gasteiger partial charge in [-0.25, -0.2) is 0 Å². The third-order valence-corrected chi connectivity index (χ3v) is 2.64. The van der Waals surface area contributed by atoms with Crippen molar-refractivity contribution in [3.8, 4) is 6.07 Å². The van der Waals surface area contributed by atoms with Crippen molar-refractivity contribution in [2.24, 2.45) is 11.1 Å². The van der Waals surface area contributed by atoms with Crippen molar-refractivity contribution in [2.75, 3.05) is 0 Å². The van der Waals surface area contributed by atoms with Gasteiger partial charge in [0.05, 0.1) is 12.1 Å². The van der Waals surface area contributed by atoms with Crippen LogP contribution in [0.15, 0.2) is 0 Å². The van der Waals surface area contributed by atoms with E-state index in [2.05, 4.69) is 13.0 Å². The van der Waals surface area contributed by atoms with Gasteiger partial charge >= 0.3 is 0 Å². The predicted molar refractivity (Wildman–Crippen MR) is 40.2 cm³/mol. The summed E-state index contributed by atoms with van der Waals surface area (Å²) in [5, 5.41) is 8.59. The van der Waals surface area contributed by atoms with E-state index >= 15 is 0 Å². The molecule has 1 saturated carbocycles. The second kappa shape index (κ2) is 2.59. The van der Waals surface area contributed by atoms with Gasteiger partial charge in [-0.1, -0.05) is 19.8 Å². The van der Waals surface area contributed by atoms with E-state index in [0.717, 1.165) is 12.8 Å². The van der Waals surface area contributed by atoms with Crippen LogP contribution < -0.4 is 5.73 Å². The highest BCUT2D eigenvalue weighted by atomic mass is 14.7. The Morgan fingerprint density at radius 3 is 2.40 bits per heavy atom. The summed E-state index contributed by atoms with van der Waals surface area (Å²) in [5.41, 5.74) is 5.77. The van der Waals surface area contributed by atoms with Crippen molar-refractivity contribution in [1.29, 1.82) is 5.26 Å². The summed E-state index contributed by atoms with van der Waals surface area (Å²) in [4.78, 5) is 0. The number of nitriles is 1. The van der Waals surface area contributed by atoms with Gasteiger partial charge in [-0.3, -0.25) is 0 Å². The number of rotatable bonds is 1. The lowest BCUT2D eigenvalue weighted by atomic mass is 9.82. The van der Waals surface area contributed by atoms with E-state index in [1.807, 2.05) is 0 Å². The monoisotopic (exact) mass is 138 g/mol. The van der Waals surface area contributed by atoms with Crippen LogP contribution in [0.4, 0.5) is 0 Å². The molecule has 2 nitrogen and oxygen atoms in total. The molecule has 0 aromatic heterocycles. The average Bonchev–Trinajstić information content (AvgIpc) is 2.36. The third-order valence-electron chi connectivity index (χ3n) is 2.64. The predicted octanol–water partition coefficient (Wildman–Crippen LogP) is 1.42. The molecule has 0 heterocycles. The molecule has 0 bridgehead atoms. The molecule has 1 rings (SSSR count). The van der Waals surface area contributed by atoms with Crippen molar-refractivity contribution >= 4 is 0 Å². The van der Waals surface area contributed by atoms with Crippen LogP contribution in [0.25, 0.3) is 0 Å². The average molecular weight is 138 g/mol. The van der Waals surface area contributed by atoms with E-state index in [1.165, 1.54) is 12.8 Å². The molecule has 1 atom stereocenters. The first kappa shape index (κ1) is 7.56. The van der Waals surface area contributed by atoms with E-state index in [0.29, 0.717) is 0 Å². The molecule has 0 aromatic carbocycles. The zero-order valence-electron chi connectivity index (χ0n) is 6.43. The fraction of sp³-hybridized carbons (Fsp3) is 0.875. The van der Waals surface area contributed by atoms with Gasteiger partial charge in [-0.2, -0.15) is 5.26 Å². The molecule has 0 spiro atoms. The van der Waals surface area contributed by atoms with Gasteiger partial charge < -0.3 is 5.73 Å². The SMILES string of the molecule is CC1(C(N)C#N)CCCC1. The summed E-state index contributed by atoms with van der Waals surface area (Å²) in [6.07, 6.45) is 4.74. The molecular weight excluding hydrogens is 124 g/mol. The second-order valence-corrected chi connectivity index (χ2v) is 3.47. The minimum atomic E-state index is -0.255. The second-order valence-electron chi connectivity index (χ2n) is 3.47. The number of nitrogens with two attached hydrogens (primary N) is 1. The van der Waals surface area contributed by atoms with Crippen molar-refractivity contribution in [3.63, 3.8) is 0 Å². The summed E-state index contributed by atoms with van der Waals surface area (Å²) in [7, 11) is 0. The Balaban J connectivity index is 2.60. The Labute approximate surface area is 62.0 Å². The molecule has 56 valence electrons. The molecule has 1 aliphatic rings. The standard InChI is InChI=1S/C8H14N2/c1-8(7(10)6-9)4-2-3-5-8/h7H,2-5,10H2,1H3. The van der Waals surface area contributed by atoms with E-state index < -0.39 is 0 Å². The topological polar surface area (TPSA) is 49.8 Å². The minimum absolute atomic E-state index is 0.120. The first-order valence-electron chi connectivity index (χ1n) is 3.84. The lowest BCUT2D eigenvalue weighted by Crippen LogP contribution is -2.35. The molecule has 0 amide bonds. The molecular formula is C8H14N2. The Hall–Kier alpha value is -0.550. The highest BCUT2D eigenvalue weighted by Gasteiger charge is 2.34. The molecule has 2 N–H and O–H groups in total. The number of hydrogen-bond acceptors (Lipinski definition) is 2.